The van der Waals surface area contributed by atoms with Gasteiger partial charge >= 0.3 is 0 Å². The molecule has 2 aliphatic rings. The molecule has 9 nitrogen and oxygen atoms in total. The highest BCUT2D eigenvalue weighted by molar-refractivity contribution is 7.98. The van der Waals surface area contributed by atoms with Crippen LogP contribution in [0.3, 0.4) is 0 Å². The van der Waals surface area contributed by atoms with Crippen LogP contribution in [0.1, 0.15) is 41.1 Å². The fourth-order valence-electron chi connectivity index (χ4n) is 4.66. The molecular weight excluding hydrogens is 515 g/mol. The van der Waals surface area contributed by atoms with E-state index in [2.05, 4.69) is 21.9 Å². The topological polar surface area (TPSA) is 93.5 Å². The van der Waals surface area contributed by atoms with Crippen LogP contribution < -0.4 is 0 Å². The highest BCUT2D eigenvalue weighted by atomic mass is 32.2. The number of halogens is 1. The molecule has 2 atom stereocenters. The third kappa shape index (κ3) is 6.25. The number of ether oxygens (including phenoxy) is 1. The highest BCUT2D eigenvalue weighted by Crippen LogP contribution is 2.33. The molecule has 3 aromatic rings. The standard InChI is InChI=1S/C25H29FN6O3S2/c1-17-12-31(22(33)13-30-8-10-35-11-9-30)7-6-20(17)23-28-25(37-14-18-2-4-19(26)5-3-18)32(29-23)24(34)21-15-36-16-27-21/h2-5,15-17,20H,6-14H2,1H3. The summed E-state index contributed by atoms with van der Waals surface area (Å²) < 4.78 is 20.0. The Bertz CT molecular complexity index is 1210. The molecule has 1 amide bonds. The van der Waals surface area contributed by atoms with E-state index in [-0.39, 0.29) is 29.5 Å². The number of piperidine rings is 1. The third-order valence-electron chi connectivity index (χ3n) is 6.77. The Morgan fingerprint density at radius 1 is 1.19 bits per heavy atom. The lowest BCUT2D eigenvalue weighted by molar-refractivity contribution is -0.135. The van der Waals surface area contributed by atoms with E-state index in [1.54, 1.807) is 23.0 Å². The zero-order valence-electron chi connectivity index (χ0n) is 20.6. The van der Waals surface area contributed by atoms with Crippen molar-refractivity contribution in [3.8, 4) is 0 Å². The predicted octanol–water partition coefficient (Wildman–Crippen LogP) is 3.14. The summed E-state index contributed by atoms with van der Waals surface area (Å²) in [5.41, 5.74) is 2.85. The molecule has 196 valence electrons. The van der Waals surface area contributed by atoms with Crippen LogP contribution >= 0.6 is 23.1 Å². The maximum absolute atomic E-state index is 13.3. The van der Waals surface area contributed by atoms with Crippen molar-refractivity contribution in [2.45, 2.75) is 30.2 Å². The molecule has 12 heteroatoms. The Kier molecular flexibility index (Phi) is 8.28. The fourth-order valence-corrected chi connectivity index (χ4v) is 6.08. The number of carbonyl (C=O) groups excluding carboxylic acids is 2. The highest BCUT2D eigenvalue weighted by Gasteiger charge is 2.34. The molecule has 0 radical (unpaired) electrons. The van der Waals surface area contributed by atoms with Crippen LogP contribution in [0.2, 0.25) is 0 Å². The summed E-state index contributed by atoms with van der Waals surface area (Å²) in [5.74, 6) is 0.823. The van der Waals surface area contributed by atoms with Crippen molar-refractivity contribution < 1.29 is 18.7 Å². The molecule has 0 spiro atoms. The van der Waals surface area contributed by atoms with Gasteiger partial charge < -0.3 is 9.64 Å². The lowest BCUT2D eigenvalue weighted by atomic mass is 9.86. The van der Waals surface area contributed by atoms with E-state index < -0.39 is 0 Å². The number of hydrogen-bond donors (Lipinski definition) is 0. The van der Waals surface area contributed by atoms with Gasteiger partial charge in [-0.05, 0) is 30.0 Å². The van der Waals surface area contributed by atoms with Crippen molar-refractivity contribution in [1.82, 2.24) is 29.5 Å². The van der Waals surface area contributed by atoms with Crippen LogP contribution in [0.4, 0.5) is 4.39 Å². The number of carbonyl (C=O) groups is 2. The molecule has 2 unspecified atom stereocenters. The van der Waals surface area contributed by atoms with Gasteiger partial charge in [0, 0.05) is 43.2 Å². The Morgan fingerprint density at radius 2 is 1.97 bits per heavy atom. The summed E-state index contributed by atoms with van der Waals surface area (Å²) in [6, 6.07) is 6.28. The first-order chi connectivity index (χ1) is 18.0. The number of likely N-dealkylation sites (tertiary alicyclic amines) is 1. The molecule has 0 aliphatic carbocycles. The van der Waals surface area contributed by atoms with Gasteiger partial charge in [-0.2, -0.15) is 4.68 Å². The largest absolute Gasteiger partial charge is 0.379 e. The molecule has 0 N–H and O–H groups in total. The molecule has 0 saturated carbocycles. The number of hydrogen-bond acceptors (Lipinski definition) is 9. The van der Waals surface area contributed by atoms with E-state index in [1.165, 1.54) is 39.9 Å². The van der Waals surface area contributed by atoms with Gasteiger partial charge in [-0.15, -0.1) is 16.4 Å². The van der Waals surface area contributed by atoms with Gasteiger partial charge in [0.25, 0.3) is 5.91 Å². The number of amides is 1. The van der Waals surface area contributed by atoms with Crippen LogP contribution in [0.5, 0.6) is 0 Å². The molecule has 2 aliphatic heterocycles. The number of nitrogens with zero attached hydrogens (tertiary/aromatic N) is 6. The second-order valence-electron chi connectivity index (χ2n) is 9.36. The first kappa shape index (κ1) is 26.0. The van der Waals surface area contributed by atoms with Crippen molar-refractivity contribution in [2.75, 3.05) is 45.9 Å². The molecule has 5 rings (SSSR count). The summed E-state index contributed by atoms with van der Waals surface area (Å²) >= 11 is 2.73. The summed E-state index contributed by atoms with van der Waals surface area (Å²) in [6.45, 7) is 6.68. The molecule has 2 aromatic heterocycles. The lowest BCUT2D eigenvalue weighted by Gasteiger charge is -2.37. The van der Waals surface area contributed by atoms with Gasteiger partial charge in [0.15, 0.2) is 11.0 Å². The summed E-state index contributed by atoms with van der Waals surface area (Å²) in [7, 11) is 0. The summed E-state index contributed by atoms with van der Waals surface area (Å²) in [6.07, 6.45) is 0.729. The van der Waals surface area contributed by atoms with Gasteiger partial charge in [0.1, 0.15) is 11.5 Å². The van der Waals surface area contributed by atoms with Crippen LogP contribution in [0, 0.1) is 11.7 Å². The van der Waals surface area contributed by atoms with E-state index >= 15 is 0 Å². The number of aromatic nitrogens is 4. The number of morpholine rings is 1. The zero-order chi connectivity index (χ0) is 25.8. The quantitative estimate of drug-likeness (QED) is 0.419. The average Bonchev–Trinajstić information content (AvgIpc) is 3.59. The minimum atomic E-state index is -0.326. The van der Waals surface area contributed by atoms with Crippen LogP contribution in [-0.2, 0) is 15.3 Å². The van der Waals surface area contributed by atoms with E-state index in [9.17, 15) is 14.0 Å². The van der Waals surface area contributed by atoms with Gasteiger partial charge in [0.2, 0.25) is 5.91 Å². The number of thiazole rings is 1. The number of rotatable bonds is 7. The van der Waals surface area contributed by atoms with Gasteiger partial charge in [0.05, 0.1) is 25.3 Å². The Balaban J connectivity index is 1.30. The summed E-state index contributed by atoms with van der Waals surface area (Å²) in [4.78, 5) is 39.1. The minimum Gasteiger partial charge on any atom is -0.379 e. The van der Waals surface area contributed by atoms with Crippen LogP contribution in [-0.4, -0.2) is 87.3 Å². The van der Waals surface area contributed by atoms with Crippen LogP contribution in [0.25, 0.3) is 0 Å². The normalized spacial score (nSPS) is 20.8. The first-order valence-corrected chi connectivity index (χ1v) is 14.3. The van der Waals surface area contributed by atoms with Crippen molar-refractivity contribution in [3.05, 3.63) is 58.1 Å². The van der Waals surface area contributed by atoms with Crippen LogP contribution in [0.15, 0.2) is 40.3 Å². The van der Waals surface area contributed by atoms with Gasteiger partial charge in [-0.3, -0.25) is 14.5 Å². The Labute approximate surface area is 223 Å². The van der Waals surface area contributed by atoms with E-state index in [4.69, 9.17) is 9.72 Å². The SMILES string of the molecule is CC1CN(C(=O)CN2CCOCC2)CCC1c1nc(SCc2ccc(F)cc2)n(C(=O)c2cscn2)n1. The second kappa shape index (κ2) is 11.8. The van der Waals surface area contributed by atoms with Gasteiger partial charge in [-0.25, -0.2) is 14.4 Å². The molecule has 2 fully saturated rings. The molecular formula is C25H29FN6O3S2. The average molecular weight is 545 g/mol. The molecule has 2 saturated heterocycles. The van der Waals surface area contributed by atoms with Crippen molar-refractivity contribution >= 4 is 34.9 Å². The zero-order valence-corrected chi connectivity index (χ0v) is 22.2. The molecule has 0 bridgehead atoms. The minimum absolute atomic E-state index is 0.0297. The smallest absolute Gasteiger partial charge is 0.300 e. The second-order valence-corrected chi connectivity index (χ2v) is 11.0. The van der Waals surface area contributed by atoms with E-state index in [0.717, 1.165) is 25.1 Å². The molecule has 37 heavy (non-hydrogen) atoms. The maximum Gasteiger partial charge on any atom is 0.300 e. The van der Waals surface area contributed by atoms with E-state index in [0.29, 0.717) is 55.3 Å². The predicted molar refractivity (Wildman–Crippen MR) is 138 cm³/mol. The Hall–Kier alpha value is -2.67. The molecule has 4 heterocycles. The lowest BCUT2D eigenvalue weighted by Crippen LogP contribution is -2.48. The number of benzene rings is 1. The number of thioether (sulfide) groups is 1. The summed E-state index contributed by atoms with van der Waals surface area (Å²) in [5, 5.41) is 6.82. The Morgan fingerprint density at radius 3 is 2.68 bits per heavy atom. The monoisotopic (exact) mass is 544 g/mol. The van der Waals surface area contributed by atoms with E-state index in [1.807, 2.05) is 4.90 Å². The van der Waals surface area contributed by atoms with Gasteiger partial charge in [-0.1, -0.05) is 30.8 Å². The maximum atomic E-state index is 13.3. The van der Waals surface area contributed by atoms with Crippen molar-refractivity contribution in [3.63, 3.8) is 0 Å². The first-order valence-electron chi connectivity index (χ1n) is 12.3. The van der Waals surface area contributed by atoms with Crippen molar-refractivity contribution in [1.29, 1.82) is 0 Å². The van der Waals surface area contributed by atoms with Crippen molar-refractivity contribution in [2.24, 2.45) is 5.92 Å². The fraction of sp³-hybridized carbons (Fsp3) is 0.480. The molecule has 1 aromatic carbocycles. The third-order valence-corrected chi connectivity index (χ3v) is 8.36.